The molecule has 0 N–H and O–H groups in total. The number of hydrogen-bond donors (Lipinski definition) is 0. The Balaban J connectivity index is 1.56. The van der Waals surface area contributed by atoms with Gasteiger partial charge in [-0.3, -0.25) is 9.38 Å². The van der Waals surface area contributed by atoms with Gasteiger partial charge in [0.25, 0.3) is 0 Å². The number of fused-ring (bicyclic) bond motifs is 17. The molecule has 0 aliphatic heterocycles. The maximum absolute atomic E-state index is 5.59. The minimum atomic E-state index is 0.843. The molecular weight excluding hydrogens is 576 g/mol. The predicted molar refractivity (Wildman–Crippen MR) is 192 cm³/mol. The van der Waals surface area contributed by atoms with Gasteiger partial charge in [-0.05, 0) is 60.7 Å². The van der Waals surface area contributed by atoms with E-state index < -0.39 is 0 Å². The van der Waals surface area contributed by atoms with Gasteiger partial charge in [0.15, 0.2) is 0 Å². The van der Waals surface area contributed by atoms with E-state index in [9.17, 15) is 0 Å². The van der Waals surface area contributed by atoms with Crippen LogP contribution in [0.15, 0.2) is 146 Å². The van der Waals surface area contributed by atoms with Crippen LogP contribution in [-0.2, 0) is 0 Å². The number of pyridine rings is 3. The molecule has 0 spiro atoms. The number of rotatable bonds is 2. The van der Waals surface area contributed by atoms with Crippen LogP contribution in [0.5, 0.6) is 0 Å². The normalized spacial score (nSPS) is 12.3. The lowest BCUT2D eigenvalue weighted by molar-refractivity contribution is 1.18. The number of imidazole rings is 1. The highest BCUT2D eigenvalue weighted by Gasteiger charge is 2.28. The number of nitrogens with zero attached hydrogens (tertiary/aromatic N) is 6. The lowest BCUT2D eigenvalue weighted by Crippen LogP contribution is -1.97. The number of aromatic nitrogens is 6. The van der Waals surface area contributed by atoms with Crippen molar-refractivity contribution in [2.45, 2.75) is 0 Å². The molecule has 218 valence electrons. The Labute approximate surface area is 267 Å². The fourth-order valence-electron chi connectivity index (χ4n) is 7.87. The second kappa shape index (κ2) is 9.02. The van der Waals surface area contributed by atoms with Crippen LogP contribution in [0.3, 0.4) is 0 Å². The second-order valence-electron chi connectivity index (χ2n) is 12.1. The summed E-state index contributed by atoms with van der Waals surface area (Å²) in [6.45, 7) is 0. The molecular formula is C41H24N6. The fourth-order valence-corrected chi connectivity index (χ4v) is 7.87. The van der Waals surface area contributed by atoms with Crippen LogP contribution < -0.4 is 0 Å². The van der Waals surface area contributed by atoms with Crippen molar-refractivity contribution in [3.05, 3.63) is 146 Å². The van der Waals surface area contributed by atoms with Gasteiger partial charge in [0.05, 0.1) is 33.1 Å². The fraction of sp³-hybridized carbons (Fsp3) is 0. The first kappa shape index (κ1) is 24.8. The van der Waals surface area contributed by atoms with E-state index in [4.69, 9.17) is 15.0 Å². The van der Waals surface area contributed by atoms with Crippen molar-refractivity contribution >= 4 is 82.2 Å². The Morgan fingerprint density at radius 2 is 0.894 bits per heavy atom. The summed E-state index contributed by atoms with van der Waals surface area (Å²) in [5.74, 6) is 0. The molecule has 0 unspecified atom stereocenters. The molecule has 6 heterocycles. The van der Waals surface area contributed by atoms with Gasteiger partial charge in [0, 0.05) is 56.1 Å². The van der Waals surface area contributed by atoms with Gasteiger partial charge in [-0.1, -0.05) is 72.8 Å². The minimum Gasteiger partial charge on any atom is -0.308 e. The van der Waals surface area contributed by atoms with Gasteiger partial charge in [-0.2, -0.15) is 0 Å². The lowest BCUT2D eigenvalue weighted by atomic mass is 10.1. The Morgan fingerprint density at radius 3 is 1.55 bits per heavy atom. The van der Waals surface area contributed by atoms with Crippen molar-refractivity contribution in [3.8, 4) is 11.4 Å². The highest BCUT2D eigenvalue weighted by molar-refractivity contribution is 6.36. The lowest BCUT2D eigenvalue weighted by Gasteiger charge is -2.11. The molecule has 47 heavy (non-hydrogen) atoms. The molecule has 6 aromatic heterocycles. The van der Waals surface area contributed by atoms with Crippen LogP contribution >= 0.6 is 0 Å². The maximum atomic E-state index is 5.59. The van der Waals surface area contributed by atoms with Crippen LogP contribution in [0, 0.1) is 0 Å². The van der Waals surface area contributed by atoms with Crippen molar-refractivity contribution in [2.75, 3.05) is 0 Å². The Morgan fingerprint density at radius 1 is 0.383 bits per heavy atom. The minimum absolute atomic E-state index is 0.843. The summed E-state index contributed by atoms with van der Waals surface area (Å²) in [4.78, 5) is 15.4. The topological polar surface area (TPSA) is 52.9 Å². The Hall–Kier alpha value is -6.53. The highest BCUT2D eigenvalue weighted by atomic mass is 15.1. The monoisotopic (exact) mass is 600 g/mol. The van der Waals surface area contributed by atoms with E-state index in [0.717, 1.165) is 77.4 Å². The van der Waals surface area contributed by atoms with Crippen LogP contribution in [0.1, 0.15) is 0 Å². The largest absolute Gasteiger partial charge is 0.308 e. The molecule has 0 saturated carbocycles. The predicted octanol–water partition coefficient (Wildman–Crippen LogP) is 9.78. The van der Waals surface area contributed by atoms with Gasteiger partial charge in [-0.25, -0.2) is 9.97 Å². The smallest absolute Gasteiger partial charge is 0.149 e. The average molecular weight is 601 g/mol. The van der Waals surface area contributed by atoms with E-state index in [0.29, 0.717) is 0 Å². The van der Waals surface area contributed by atoms with Crippen molar-refractivity contribution in [1.82, 2.24) is 28.5 Å². The first-order valence-corrected chi connectivity index (χ1v) is 15.8. The molecule has 11 rings (SSSR count). The van der Waals surface area contributed by atoms with Crippen LogP contribution in [-0.4, -0.2) is 28.5 Å². The summed E-state index contributed by atoms with van der Waals surface area (Å²) < 4.78 is 7.11. The number of benzene rings is 5. The second-order valence-corrected chi connectivity index (χ2v) is 12.1. The van der Waals surface area contributed by atoms with Gasteiger partial charge in [0.1, 0.15) is 16.8 Å². The zero-order valence-electron chi connectivity index (χ0n) is 25.0. The molecule has 0 atom stereocenters. The first-order chi connectivity index (χ1) is 23.4. The molecule has 0 fully saturated rings. The molecule has 0 aliphatic rings. The first-order valence-electron chi connectivity index (χ1n) is 15.8. The molecule has 0 radical (unpaired) electrons. The van der Waals surface area contributed by atoms with Gasteiger partial charge in [0.2, 0.25) is 0 Å². The van der Waals surface area contributed by atoms with E-state index >= 15 is 0 Å². The molecule has 0 saturated heterocycles. The van der Waals surface area contributed by atoms with Crippen LogP contribution in [0.4, 0.5) is 0 Å². The van der Waals surface area contributed by atoms with Gasteiger partial charge < -0.3 is 9.13 Å². The SMILES string of the molecule is c1ccc(-n2c3ccccc3c3c2c2nc4c5cccnc5c5cccnc5n4c2c2c4ccccc4n(-c4ccccc4)c32)cc1. The zero-order valence-corrected chi connectivity index (χ0v) is 25.0. The third-order valence-corrected chi connectivity index (χ3v) is 9.66. The summed E-state index contributed by atoms with van der Waals surface area (Å²) >= 11 is 0. The van der Waals surface area contributed by atoms with Crippen LogP contribution in [0.2, 0.25) is 0 Å². The van der Waals surface area contributed by atoms with Crippen LogP contribution in [0.25, 0.3) is 93.6 Å². The highest BCUT2D eigenvalue weighted by Crippen LogP contribution is 2.47. The quantitative estimate of drug-likeness (QED) is 0.186. The third-order valence-electron chi connectivity index (χ3n) is 9.66. The van der Waals surface area contributed by atoms with Crippen molar-refractivity contribution in [1.29, 1.82) is 0 Å². The van der Waals surface area contributed by atoms with Crippen molar-refractivity contribution in [3.63, 3.8) is 0 Å². The Bertz CT molecular complexity index is 3060. The molecule has 0 bridgehead atoms. The summed E-state index contributed by atoms with van der Waals surface area (Å²) in [6, 6.07) is 47.1. The van der Waals surface area contributed by atoms with E-state index in [1.165, 1.54) is 16.2 Å². The molecule has 11 aromatic rings. The van der Waals surface area contributed by atoms with E-state index in [1.54, 1.807) is 0 Å². The van der Waals surface area contributed by atoms with E-state index in [1.807, 2.05) is 24.5 Å². The molecule has 6 nitrogen and oxygen atoms in total. The van der Waals surface area contributed by atoms with Gasteiger partial charge in [-0.15, -0.1) is 0 Å². The summed E-state index contributed by atoms with van der Waals surface area (Å²) in [6.07, 6.45) is 3.72. The molecule has 0 aliphatic carbocycles. The molecule has 5 aromatic carbocycles. The summed E-state index contributed by atoms with van der Waals surface area (Å²) in [7, 11) is 0. The van der Waals surface area contributed by atoms with E-state index in [2.05, 4.69) is 135 Å². The number of para-hydroxylation sites is 4. The maximum Gasteiger partial charge on any atom is 0.149 e. The standard InChI is InChI=1S/C41H24N6/c1-3-13-25(14-4-1)45-31-21-9-7-17-27(31)34-37(45)33-28-18-8-10-22-32(28)46(26-15-5-2-6-16-26)38(33)36-39(34)47-40-29(19-12-24-43-40)35-30(41(47)44-36)20-11-23-42-35/h1-24H. The van der Waals surface area contributed by atoms with E-state index in [-0.39, 0.29) is 0 Å². The zero-order chi connectivity index (χ0) is 30.6. The van der Waals surface area contributed by atoms with Gasteiger partial charge >= 0.3 is 0 Å². The molecule has 6 heteroatoms. The van der Waals surface area contributed by atoms with Crippen molar-refractivity contribution in [2.24, 2.45) is 0 Å². The summed E-state index contributed by atoms with van der Waals surface area (Å²) in [5.41, 5.74) is 11.3. The third kappa shape index (κ3) is 3.11. The summed E-state index contributed by atoms with van der Waals surface area (Å²) in [5, 5.41) is 6.69. The Kier molecular flexibility index (Phi) is 4.75. The van der Waals surface area contributed by atoms with Crippen molar-refractivity contribution < 1.29 is 0 Å². The number of hydrogen-bond acceptors (Lipinski definition) is 3. The average Bonchev–Trinajstić information content (AvgIpc) is 3.81. The molecule has 0 amide bonds.